The quantitative estimate of drug-likeness (QED) is 0.552. The van der Waals surface area contributed by atoms with E-state index >= 15 is 0 Å². The highest BCUT2D eigenvalue weighted by Gasteiger charge is 2.17. The van der Waals surface area contributed by atoms with Crippen LogP contribution in [0.1, 0.15) is 11.1 Å². The fourth-order valence-electron chi connectivity index (χ4n) is 1.84. The van der Waals surface area contributed by atoms with Crippen LogP contribution in [0.25, 0.3) is 11.6 Å². The van der Waals surface area contributed by atoms with E-state index in [0.717, 1.165) is 0 Å². The van der Waals surface area contributed by atoms with Crippen molar-refractivity contribution in [1.29, 1.82) is 0 Å². The lowest BCUT2D eigenvalue weighted by Crippen LogP contribution is -1.86. The van der Waals surface area contributed by atoms with E-state index in [4.69, 9.17) is 0 Å². The molecule has 2 aliphatic carbocycles. The van der Waals surface area contributed by atoms with Gasteiger partial charge in [0.1, 0.15) is 0 Å². The van der Waals surface area contributed by atoms with Gasteiger partial charge in [-0.05, 0) is 28.3 Å². The molecule has 13 heavy (non-hydrogen) atoms. The van der Waals surface area contributed by atoms with Crippen LogP contribution in [0.4, 0.5) is 0 Å². The van der Waals surface area contributed by atoms with Gasteiger partial charge >= 0.3 is 0 Å². The lowest BCUT2D eigenvalue weighted by Gasteiger charge is -2.06. The zero-order valence-corrected chi connectivity index (χ0v) is 7.12. The van der Waals surface area contributed by atoms with E-state index in [1.54, 1.807) is 0 Å². The summed E-state index contributed by atoms with van der Waals surface area (Å²) in [7, 11) is 0. The lowest BCUT2D eigenvalue weighted by molar-refractivity contribution is 1.57. The monoisotopic (exact) mass is 164 g/mol. The summed E-state index contributed by atoms with van der Waals surface area (Å²) in [5.74, 6) is 0. The van der Waals surface area contributed by atoms with Crippen molar-refractivity contribution in [3.63, 3.8) is 0 Å². The molecule has 0 spiro atoms. The molecule has 0 N–H and O–H groups in total. The number of rotatable bonds is 0. The van der Waals surface area contributed by atoms with Crippen LogP contribution in [-0.4, -0.2) is 0 Å². The van der Waals surface area contributed by atoms with Crippen LogP contribution in [-0.2, 0) is 0 Å². The molecule has 0 aromatic heterocycles. The highest BCUT2D eigenvalue weighted by atomic mass is 14.2. The first kappa shape index (κ1) is 6.90. The van der Waals surface area contributed by atoms with Gasteiger partial charge in [-0.2, -0.15) is 0 Å². The Bertz CT molecular complexity index is 445. The Morgan fingerprint density at radius 1 is 1.08 bits per heavy atom. The first-order valence-electron chi connectivity index (χ1n) is 4.39. The molecule has 0 aliphatic heterocycles. The van der Waals surface area contributed by atoms with Gasteiger partial charge < -0.3 is 0 Å². The number of hydrogen-bond donors (Lipinski definition) is 0. The largest absolute Gasteiger partial charge is 0.0715 e. The normalized spacial score (nSPS) is 17.5. The Hall–Kier alpha value is -1.56. The lowest BCUT2D eigenvalue weighted by atomic mass is 9.98. The van der Waals surface area contributed by atoms with Gasteiger partial charge in [0, 0.05) is 6.42 Å². The maximum absolute atomic E-state index is 3.11. The third-order valence-corrected chi connectivity index (χ3v) is 2.46. The van der Waals surface area contributed by atoms with Gasteiger partial charge in [-0.15, -0.1) is 0 Å². The van der Waals surface area contributed by atoms with E-state index < -0.39 is 0 Å². The maximum atomic E-state index is 3.11. The summed E-state index contributed by atoms with van der Waals surface area (Å²) < 4.78 is 0. The van der Waals surface area contributed by atoms with Gasteiger partial charge in [0.15, 0.2) is 0 Å². The Morgan fingerprint density at radius 3 is 3.00 bits per heavy atom. The van der Waals surface area contributed by atoms with Gasteiger partial charge in [-0.1, -0.05) is 42.5 Å². The first-order chi connectivity index (χ1) is 6.45. The van der Waals surface area contributed by atoms with Crippen LogP contribution in [0, 0.1) is 6.42 Å². The van der Waals surface area contributed by atoms with Gasteiger partial charge in [0.2, 0.25) is 0 Å². The molecular weight excluding hydrogens is 156 g/mol. The second kappa shape index (κ2) is 2.46. The molecule has 0 saturated carbocycles. The molecule has 1 aromatic carbocycles. The summed E-state index contributed by atoms with van der Waals surface area (Å²) in [6.07, 6.45) is 11.5. The molecular formula is C13H8. The van der Waals surface area contributed by atoms with Gasteiger partial charge in [0.25, 0.3) is 0 Å². The number of hydrogen-bond acceptors (Lipinski definition) is 0. The van der Waals surface area contributed by atoms with Gasteiger partial charge in [0.05, 0.1) is 0 Å². The van der Waals surface area contributed by atoms with Crippen molar-refractivity contribution in [3.8, 4) is 0 Å². The molecule has 2 aliphatic rings. The van der Waals surface area contributed by atoms with Gasteiger partial charge in [-0.25, -0.2) is 0 Å². The SMILES string of the molecule is [C]1C=CC2=Cc3ccccc3C2=C1. The minimum Gasteiger partial charge on any atom is -0.0715 e. The summed E-state index contributed by atoms with van der Waals surface area (Å²) in [5.41, 5.74) is 5.25. The summed E-state index contributed by atoms with van der Waals surface area (Å²) in [4.78, 5) is 0. The third kappa shape index (κ3) is 0.919. The summed E-state index contributed by atoms with van der Waals surface area (Å²) in [6.45, 7) is 0. The van der Waals surface area contributed by atoms with E-state index in [-0.39, 0.29) is 0 Å². The predicted octanol–water partition coefficient (Wildman–Crippen LogP) is 3.12. The molecule has 0 unspecified atom stereocenters. The van der Waals surface area contributed by atoms with E-state index in [9.17, 15) is 0 Å². The van der Waals surface area contributed by atoms with E-state index in [2.05, 4.69) is 48.9 Å². The second-order valence-electron chi connectivity index (χ2n) is 3.24. The molecule has 2 radical (unpaired) electrons. The van der Waals surface area contributed by atoms with Crippen LogP contribution in [0.3, 0.4) is 0 Å². The van der Waals surface area contributed by atoms with Crippen LogP contribution in [0.2, 0.25) is 0 Å². The number of allylic oxidation sites excluding steroid dienone is 5. The fraction of sp³-hybridized carbons (Fsp3) is 0. The Morgan fingerprint density at radius 2 is 2.00 bits per heavy atom. The highest BCUT2D eigenvalue weighted by molar-refractivity contribution is 5.98. The Kier molecular flexibility index (Phi) is 1.31. The first-order valence-corrected chi connectivity index (χ1v) is 4.39. The topological polar surface area (TPSA) is 0 Å². The smallest absolute Gasteiger partial charge is 0.0350 e. The molecule has 0 amide bonds. The molecule has 1 aromatic rings. The highest BCUT2D eigenvalue weighted by Crippen LogP contribution is 2.37. The van der Waals surface area contributed by atoms with Crippen LogP contribution < -0.4 is 0 Å². The van der Waals surface area contributed by atoms with E-state index in [1.807, 2.05) is 6.08 Å². The average molecular weight is 164 g/mol. The summed E-state index contributed by atoms with van der Waals surface area (Å²) >= 11 is 0. The molecule has 3 rings (SSSR count). The molecule has 0 nitrogen and oxygen atoms in total. The standard InChI is InChI=1S/C13H8/c1-3-7-12-10(5-1)9-11-6-2-4-8-13(11)12/h1-3,5-9H. The van der Waals surface area contributed by atoms with Crippen molar-refractivity contribution in [1.82, 2.24) is 0 Å². The average Bonchev–Trinajstić information content (AvgIpc) is 2.56. The van der Waals surface area contributed by atoms with E-state index in [0.29, 0.717) is 0 Å². The molecule has 0 heteroatoms. The molecule has 0 bridgehead atoms. The molecule has 0 fully saturated rings. The van der Waals surface area contributed by atoms with Crippen molar-refractivity contribution in [3.05, 3.63) is 65.6 Å². The second-order valence-corrected chi connectivity index (χ2v) is 3.24. The third-order valence-electron chi connectivity index (χ3n) is 2.46. The Balaban J connectivity index is 2.26. The minimum absolute atomic E-state index is 1.30. The van der Waals surface area contributed by atoms with Crippen LogP contribution in [0.5, 0.6) is 0 Å². The zero-order chi connectivity index (χ0) is 8.67. The fourth-order valence-corrected chi connectivity index (χ4v) is 1.84. The van der Waals surface area contributed by atoms with Crippen molar-refractivity contribution in [2.45, 2.75) is 0 Å². The summed E-state index contributed by atoms with van der Waals surface area (Å²) in [5, 5.41) is 0. The predicted molar refractivity (Wildman–Crippen MR) is 54.8 cm³/mol. The maximum Gasteiger partial charge on any atom is 0.0350 e. The summed E-state index contributed by atoms with van der Waals surface area (Å²) in [6, 6.07) is 8.46. The molecule has 0 saturated heterocycles. The van der Waals surface area contributed by atoms with Crippen molar-refractivity contribution >= 4 is 11.6 Å². The number of fused-ring (bicyclic) bond motifs is 3. The zero-order valence-electron chi connectivity index (χ0n) is 7.12. The van der Waals surface area contributed by atoms with Crippen LogP contribution in [0.15, 0.2) is 48.1 Å². The Labute approximate surface area is 77.9 Å². The van der Waals surface area contributed by atoms with Crippen molar-refractivity contribution in [2.24, 2.45) is 0 Å². The van der Waals surface area contributed by atoms with Gasteiger partial charge in [-0.3, -0.25) is 0 Å². The number of benzene rings is 1. The molecule has 60 valence electrons. The van der Waals surface area contributed by atoms with Crippen molar-refractivity contribution in [2.75, 3.05) is 0 Å². The molecule has 0 atom stereocenters. The van der Waals surface area contributed by atoms with Crippen LogP contribution >= 0.6 is 0 Å². The molecule has 0 heterocycles. The van der Waals surface area contributed by atoms with E-state index in [1.165, 1.54) is 22.3 Å². The van der Waals surface area contributed by atoms with Crippen molar-refractivity contribution < 1.29 is 0 Å². The minimum atomic E-state index is 1.30.